The summed E-state index contributed by atoms with van der Waals surface area (Å²) in [5.41, 5.74) is 16.1. The molecule has 9 nitrogen and oxygen atoms in total. The lowest BCUT2D eigenvalue weighted by molar-refractivity contribution is -0.154. The molecule has 1 aliphatic carbocycles. The minimum absolute atomic E-state index is 0.0500. The van der Waals surface area contributed by atoms with Gasteiger partial charge in [0.25, 0.3) is 5.91 Å². The smallest absolute Gasteiger partial charge is 0.325 e. The molecule has 2 atom stereocenters. The van der Waals surface area contributed by atoms with Crippen molar-refractivity contribution in [2.45, 2.75) is 83.6 Å². The van der Waals surface area contributed by atoms with Crippen LogP contribution in [0.2, 0.25) is 0 Å². The molecule has 0 bridgehead atoms. The fourth-order valence-corrected chi connectivity index (χ4v) is 6.09. The number of nitrogens with two attached hydrogens (primary N) is 2. The number of para-hydroxylation sites is 1. The molecule has 212 valence electrons. The molecule has 0 saturated heterocycles. The maximum Gasteiger partial charge on any atom is 0.325 e. The quantitative estimate of drug-likeness (QED) is 0.327. The van der Waals surface area contributed by atoms with Crippen molar-refractivity contribution in [3.05, 3.63) is 53.7 Å². The molecule has 1 amide bonds. The van der Waals surface area contributed by atoms with Crippen LogP contribution in [0.3, 0.4) is 0 Å². The summed E-state index contributed by atoms with van der Waals surface area (Å²) in [4.78, 5) is 37.8. The van der Waals surface area contributed by atoms with E-state index in [-0.39, 0.29) is 23.5 Å². The number of fused-ring (bicyclic) bond motifs is 3. The van der Waals surface area contributed by atoms with Gasteiger partial charge in [0, 0.05) is 34.8 Å². The first kappa shape index (κ1) is 27.9. The number of hydrogen-bond donors (Lipinski definition) is 4. The minimum Gasteiger partial charge on any atom is -0.461 e. The number of nitrogens with one attached hydrogen (secondary N) is 1. The molecule has 5 rings (SSSR count). The molecule has 1 aliphatic heterocycles. The number of esters is 1. The Morgan fingerprint density at radius 2 is 1.80 bits per heavy atom. The average molecular weight is 547 g/mol. The average Bonchev–Trinajstić information content (AvgIpc) is 3.22. The predicted octanol–water partition coefficient (Wildman–Crippen LogP) is 3.99. The number of aliphatic hydroxyl groups is 1. The fourth-order valence-electron chi connectivity index (χ4n) is 6.09. The Labute approximate surface area is 233 Å². The van der Waals surface area contributed by atoms with E-state index in [1.165, 1.54) is 6.92 Å². The van der Waals surface area contributed by atoms with Gasteiger partial charge in [-0.1, -0.05) is 38.1 Å². The topological polar surface area (TPSA) is 150 Å². The van der Waals surface area contributed by atoms with Crippen molar-refractivity contribution in [1.82, 2.24) is 4.57 Å². The standard InChI is InChI=1S/C31H38N4O5/c1-17(36)28(32)30(39)40-20-11-9-19(10-12-20)34-23-14-18(8-13-21(23)29(33)38)27-22-6-4-5-7-24(22)35-25(27)15-31(2,3)16-26(35)37/h4-8,13-14,17,19-20,28,34,36H,9-12,15-16,32H2,1-3H3,(H2,33,38)/t17-,19?,20?,28-/m0/s1. The number of rotatable bonds is 7. The summed E-state index contributed by atoms with van der Waals surface area (Å²) in [5, 5.41) is 14.1. The Morgan fingerprint density at radius 1 is 1.10 bits per heavy atom. The lowest BCUT2D eigenvalue weighted by Crippen LogP contribution is -2.43. The van der Waals surface area contributed by atoms with Gasteiger partial charge >= 0.3 is 5.97 Å². The molecular weight excluding hydrogens is 508 g/mol. The van der Waals surface area contributed by atoms with Gasteiger partial charge in [-0.3, -0.25) is 19.0 Å². The van der Waals surface area contributed by atoms with E-state index in [0.29, 0.717) is 30.5 Å². The van der Waals surface area contributed by atoms with Gasteiger partial charge in [0.15, 0.2) is 0 Å². The van der Waals surface area contributed by atoms with Crippen LogP contribution in [0.1, 0.15) is 73.7 Å². The van der Waals surface area contributed by atoms with Crippen molar-refractivity contribution < 1.29 is 24.2 Å². The number of nitrogens with zero attached hydrogens (tertiary/aromatic N) is 1. The Balaban J connectivity index is 1.43. The van der Waals surface area contributed by atoms with Gasteiger partial charge in [-0.15, -0.1) is 0 Å². The van der Waals surface area contributed by atoms with E-state index in [1.807, 2.05) is 41.0 Å². The van der Waals surface area contributed by atoms with Crippen LogP contribution in [0.15, 0.2) is 42.5 Å². The second-order valence-corrected chi connectivity index (χ2v) is 12.0. The van der Waals surface area contributed by atoms with Crippen molar-refractivity contribution in [2.75, 3.05) is 5.32 Å². The normalized spacial score (nSPS) is 21.9. The molecule has 0 unspecified atom stereocenters. The van der Waals surface area contributed by atoms with E-state index in [9.17, 15) is 19.5 Å². The third kappa shape index (κ3) is 5.36. The number of primary amides is 1. The van der Waals surface area contributed by atoms with Crippen LogP contribution in [-0.4, -0.2) is 51.7 Å². The van der Waals surface area contributed by atoms with Crippen molar-refractivity contribution in [2.24, 2.45) is 16.9 Å². The van der Waals surface area contributed by atoms with Crippen LogP contribution in [0.5, 0.6) is 0 Å². The highest BCUT2D eigenvalue weighted by atomic mass is 16.5. The summed E-state index contributed by atoms with van der Waals surface area (Å²) in [6, 6.07) is 12.5. The van der Waals surface area contributed by atoms with Crippen LogP contribution in [0.25, 0.3) is 22.0 Å². The first-order valence-electron chi connectivity index (χ1n) is 14.0. The second-order valence-electron chi connectivity index (χ2n) is 12.0. The fraction of sp³-hybridized carbons (Fsp3) is 0.452. The molecule has 0 radical (unpaired) electrons. The van der Waals surface area contributed by atoms with Crippen LogP contribution in [-0.2, 0) is 16.0 Å². The zero-order valence-electron chi connectivity index (χ0n) is 23.3. The van der Waals surface area contributed by atoms with Gasteiger partial charge in [0.1, 0.15) is 12.1 Å². The number of anilines is 1. The number of carbonyl (C=O) groups is 3. The summed E-state index contributed by atoms with van der Waals surface area (Å²) in [7, 11) is 0. The summed E-state index contributed by atoms with van der Waals surface area (Å²) in [6.45, 7) is 5.69. The van der Waals surface area contributed by atoms with E-state index < -0.39 is 24.0 Å². The number of aromatic nitrogens is 1. The van der Waals surface area contributed by atoms with Gasteiger partial charge in [0.2, 0.25) is 5.91 Å². The molecule has 1 aromatic heterocycles. The molecule has 2 aliphatic rings. The predicted molar refractivity (Wildman–Crippen MR) is 154 cm³/mol. The Morgan fingerprint density at radius 3 is 2.48 bits per heavy atom. The Hall–Kier alpha value is -3.69. The summed E-state index contributed by atoms with van der Waals surface area (Å²) >= 11 is 0. The van der Waals surface area contributed by atoms with Crippen molar-refractivity contribution in [3.63, 3.8) is 0 Å². The highest BCUT2D eigenvalue weighted by Gasteiger charge is 2.35. The zero-order valence-corrected chi connectivity index (χ0v) is 23.3. The molecule has 6 N–H and O–H groups in total. The molecule has 0 spiro atoms. The maximum atomic E-state index is 13.2. The molecule has 9 heteroatoms. The lowest BCUT2D eigenvalue weighted by atomic mass is 9.80. The summed E-state index contributed by atoms with van der Waals surface area (Å²) in [5.74, 6) is -1.03. The number of amides is 1. The molecule has 2 aromatic carbocycles. The Kier molecular flexibility index (Phi) is 7.46. The lowest BCUT2D eigenvalue weighted by Gasteiger charge is -2.31. The number of aliphatic hydroxyl groups excluding tert-OH is 1. The molecule has 40 heavy (non-hydrogen) atoms. The first-order chi connectivity index (χ1) is 18.9. The summed E-state index contributed by atoms with van der Waals surface area (Å²) < 4.78 is 7.36. The number of benzene rings is 2. The number of carbonyl (C=O) groups excluding carboxylic acids is 3. The molecule has 3 aromatic rings. The highest BCUT2D eigenvalue weighted by Crippen LogP contribution is 2.43. The number of ether oxygens (including phenoxy) is 1. The van der Waals surface area contributed by atoms with Crippen LogP contribution in [0, 0.1) is 5.41 Å². The molecule has 1 fully saturated rings. The van der Waals surface area contributed by atoms with Crippen LogP contribution >= 0.6 is 0 Å². The SMILES string of the molecule is C[C@H](O)[C@H](N)C(=O)OC1CCC(Nc2cc(-c3c4n(c5ccccc35)C(=O)CC(C)(C)C4)ccc2C(N)=O)CC1. The molecule has 2 heterocycles. The van der Waals surface area contributed by atoms with E-state index in [1.54, 1.807) is 6.07 Å². The third-order valence-corrected chi connectivity index (χ3v) is 8.18. The van der Waals surface area contributed by atoms with Crippen molar-refractivity contribution in [1.29, 1.82) is 0 Å². The van der Waals surface area contributed by atoms with Crippen molar-refractivity contribution in [3.8, 4) is 11.1 Å². The zero-order chi connectivity index (χ0) is 28.8. The third-order valence-electron chi connectivity index (χ3n) is 8.18. The monoisotopic (exact) mass is 546 g/mol. The van der Waals surface area contributed by atoms with E-state index in [2.05, 4.69) is 19.2 Å². The molecule has 1 saturated carbocycles. The highest BCUT2D eigenvalue weighted by molar-refractivity contribution is 6.06. The van der Waals surface area contributed by atoms with Gasteiger partial charge < -0.3 is 26.6 Å². The first-order valence-corrected chi connectivity index (χ1v) is 14.0. The van der Waals surface area contributed by atoms with E-state index in [0.717, 1.165) is 47.0 Å². The van der Waals surface area contributed by atoms with Crippen molar-refractivity contribution >= 4 is 34.4 Å². The Bertz CT molecular complexity index is 1470. The van der Waals surface area contributed by atoms with Gasteiger partial charge in [-0.2, -0.15) is 0 Å². The minimum atomic E-state index is -1.06. The summed E-state index contributed by atoms with van der Waals surface area (Å²) in [6.07, 6.45) is 2.70. The van der Waals surface area contributed by atoms with Crippen LogP contribution < -0.4 is 16.8 Å². The van der Waals surface area contributed by atoms with Crippen LogP contribution in [0.4, 0.5) is 5.69 Å². The van der Waals surface area contributed by atoms with Gasteiger partial charge in [-0.25, -0.2) is 0 Å². The van der Waals surface area contributed by atoms with Gasteiger partial charge in [0.05, 0.1) is 17.2 Å². The second kappa shape index (κ2) is 10.7. The number of hydrogen-bond acceptors (Lipinski definition) is 7. The molecular formula is C31H38N4O5. The maximum absolute atomic E-state index is 13.2. The van der Waals surface area contributed by atoms with E-state index in [4.69, 9.17) is 16.2 Å². The van der Waals surface area contributed by atoms with Gasteiger partial charge in [-0.05, 0) is 68.2 Å². The largest absolute Gasteiger partial charge is 0.461 e. The van der Waals surface area contributed by atoms with E-state index >= 15 is 0 Å².